The minimum Gasteiger partial charge on any atom is -0.481 e. The molecular formula is C14H19NO4S. The number of rotatable bonds is 6. The summed E-state index contributed by atoms with van der Waals surface area (Å²) in [5.74, 6) is -0.993. The first-order valence-electron chi connectivity index (χ1n) is 6.80. The second kappa shape index (κ2) is 6.26. The largest absolute Gasteiger partial charge is 0.481 e. The fourth-order valence-corrected chi connectivity index (χ4v) is 4.61. The number of benzene rings is 1. The molecule has 0 unspecified atom stereocenters. The smallest absolute Gasteiger partial charge is 0.305 e. The molecule has 0 bridgehead atoms. The number of hydrogen-bond acceptors (Lipinski definition) is 3. The third-order valence-corrected chi connectivity index (χ3v) is 5.93. The highest BCUT2D eigenvalue weighted by Gasteiger charge is 2.34. The number of aliphatic carboxylic acids is 1. The number of hydrogen-bond donors (Lipinski definition) is 1. The molecule has 0 aromatic heterocycles. The second-order valence-corrected chi connectivity index (χ2v) is 7.14. The first-order valence-corrected chi connectivity index (χ1v) is 8.30. The Morgan fingerprint density at radius 1 is 1.20 bits per heavy atom. The van der Waals surface area contributed by atoms with E-state index in [2.05, 4.69) is 0 Å². The quantitative estimate of drug-likeness (QED) is 0.873. The van der Waals surface area contributed by atoms with Gasteiger partial charge in [-0.1, -0.05) is 31.0 Å². The van der Waals surface area contributed by atoms with E-state index >= 15 is 0 Å². The van der Waals surface area contributed by atoms with Gasteiger partial charge in [0.2, 0.25) is 10.0 Å². The van der Waals surface area contributed by atoms with Crippen molar-refractivity contribution in [3.8, 4) is 0 Å². The van der Waals surface area contributed by atoms with Gasteiger partial charge in [-0.15, -0.1) is 0 Å². The third-order valence-electron chi connectivity index (χ3n) is 3.60. The van der Waals surface area contributed by atoms with E-state index in [0.717, 1.165) is 12.8 Å². The summed E-state index contributed by atoms with van der Waals surface area (Å²) in [4.78, 5) is 10.8. The normalized spacial score (nSPS) is 16.2. The lowest BCUT2D eigenvalue weighted by atomic mass is 10.3. The average Bonchev–Trinajstić information content (AvgIpc) is 2.94. The van der Waals surface area contributed by atoms with Gasteiger partial charge < -0.3 is 5.11 Å². The maximum Gasteiger partial charge on any atom is 0.305 e. The number of para-hydroxylation sites is 1. The first-order chi connectivity index (χ1) is 9.51. The summed E-state index contributed by atoms with van der Waals surface area (Å²) in [5.41, 5.74) is 0.542. The van der Waals surface area contributed by atoms with Crippen LogP contribution in [-0.4, -0.2) is 31.3 Å². The Kier molecular flexibility index (Phi) is 4.65. The van der Waals surface area contributed by atoms with E-state index in [9.17, 15) is 13.2 Å². The molecule has 0 heterocycles. The molecule has 1 aliphatic carbocycles. The number of sulfonamides is 1. The zero-order valence-electron chi connectivity index (χ0n) is 11.2. The Bertz CT molecular complexity index is 550. The molecule has 1 N–H and O–H groups in total. The Morgan fingerprint density at radius 3 is 2.35 bits per heavy atom. The summed E-state index contributed by atoms with van der Waals surface area (Å²) >= 11 is 0. The van der Waals surface area contributed by atoms with E-state index < -0.39 is 16.0 Å². The molecule has 0 atom stereocenters. The summed E-state index contributed by atoms with van der Waals surface area (Å²) < 4.78 is 26.6. The molecule has 1 saturated carbocycles. The summed E-state index contributed by atoms with van der Waals surface area (Å²) in [6.45, 7) is -0.0157. The van der Waals surface area contributed by atoms with Crippen LogP contribution >= 0.6 is 0 Å². The van der Waals surface area contributed by atoms with E-state index in [4.69, 9.17) is 5.11 Å². The van der Waals surface area contributed by atoms with Crippen molar-refractivity contribution in [2.75, 3.05) is 10.8 Å². The van der Waals surface area contributed by atoms with Crippen LogP contribution in [0.4, 0.5) is 5.69 Å². The van der Waals surface area contributed by atoms with Gasteiger partial charge in [-0.3, -0.25) is 9.10 Å². The lowest BCUT2D eigenvalue weighted by Gasteiger charge is -2.27. The number of anilines is 1. The summed E-state index contributed by atoms with van der Waals surface area (Å²) in [7, 11) is -3.48. The van der Waals surface area contributed by atoms with Crippen molar-refractivity contribution in [3.63, 3.8) is 0 Å². The van der Waals surface area contributed by atoms with Gasteiger partial charge in [-0.05, 0) is 25.0 Å². The molecule has 0 amide bonds. The van der Waals surface area contributed by atoms with Crippen molar-refractivity contribution in [2.24, 2.45) is 0 Å². The number of carboxylic acids is 1. The fourth-order valence-electron chi connectivity index (χ4n) is 2.56. The van der Waals surface area contributed by atoms with Gasteiger partial charge >= 0.3 is 5.97 Å². The molecule has 1 fully saturated rings. The Hall–Kier alpha value is -1.56. The molecule has 0 aliphatic heterocycles. The van der Waals surface area contributed by atoms with Crippen LogP contribution in [0.2, 0.25) is 0 Å². The molecule has 2 rings (SSSR count). The van der Waals surface area contributed by atoms with Gasteiger partial charge in [-0.25, -0.2) is 8.42 Å². The second-order valence-electron chi connectivity index (χ2n) is 5.00. The molecule has 5 nitrogen and oxygen atoms in total. The van der Waals surface area contributed by atoms with Crippen molar-refractivity contribution in [2.45, 2.75) is 37.4 Å². The first kappa shape index (κ1) is 14.8. The van der Waals surface area contributed by atoms with Crippen molar-refractivity contribution >= 4 is 21.7 Å². The zero-order valence-corrected chi connectivity index (χ0v) is 12.1. The van der Waals surface area contributed by atoms with Crippen LogP contribution in [0.15, 0.2) is 30.3 Å². The van der Waals surface area contributed by atoms with Crippen molar-refractivity contribution in [1.29, 1.82) is 0 Å². The van der Waals surface area contributed by atoms with Crippen LogP contribution in [0, 0.1) is 0 Å². The van der Waals surface area contributed by atoms with Crippen LogP contribution in [0.1, 0.15) is 32.1 Å². The molecule has 110 valence electrons. The van der Waals surface area contributed by atoms with Crippen molar-refractivity contribution < 1.29 is 18.3 Å². The maximum atomic E-state index is 12.7. The van der Waals surface area contributed by atoms with Crippen LogP contribution in [0.5, 0.6) is 0 Å². The maximum absolute atomic E-state index is 12.7. The zero-order chi connectivity index (χ0) is 14.6. The fraction of sp³-hybridized carbons (Fsp3) is 0.500. The SMILES string of the molecule is O=C(O)CCN(c1ccccc1)S(=O)(=O)C1CCCC1. The Balaban J connectivity index is 2.28. The third kappa shape index (κ3) is 3.30. The molecule has 0 radical (unpaired) electrons. The number of nitrogens with zero attached hydrogens (tertiary/aromatic N) is 1. The van der Waals surface area contributed by atoms with Crippen LogP contribution < -0.4 is 4.31 Å². The van der Waals surface area contributed by atoms with E-state index in [0.29, 0.717) is 18.5 Å². The van der Waals surface area contributed by atoms with Gasteiger partial charge in [0, 0.05) is 6.54 Å². The van der Waals surface area contributed by atoms with Crippen molar-refractivity contribution in [1.82, 2.24) is 0 Å². The van der Waals surface area contributed by atoms with E-state index in [1.165, 1.54) is 4.31 Å². The molecule has 1 aliphatic rings. The van der Waals surface area contributed by atoms with Crippen LogP contribution in [-0.2, 0) is 14.8 Å². The predicted molar refractivity (Wildman–Crippen MR) is 77.2 cm³/mol. The molecule has 6 heteroatoms. The average molecular weight is 297 g/mol. The molecule has 1 aromatic rings. The van der Waals surface area contributed by atoms with Gasteiger partial charge in [0.1, 0.15) is 0 Å². The lowest BCUT2D eigenvalue weighted by Crippen LogP contribution is -2.39. The molecule has 0 saturated heterocycles. The van der Waals surface area contributed by atoms with Gasteiger partial charge in [0.05, 0.1) is 17.4 Å². The van der Waals surface area contributed by atoms with E-state index in [-0.39, 0.29) is 18.2 Å². The van der Waals surface area contributed by atoms with Gasteiger partial charge in [0.15, 0.2) is 0 Å². The molecule has 1 aromatic carbocycles. The summed E-state index contributed by atoms with van der Waals surface area (Å²) in [5, 5.41) is 8.44. The molecule has 20 heavy (non-hydrogen) atoms. The van der Waals surface area contributed by atoms with E-state index in [1.807, 2.05) is 0 Å². The summed E-state index contributed by atoms with van der Waals surface area (Å²) in [6, 6.07) is 8.73. The topological polar surface area (TPSA) is 74.7 Å². The lowest BCUT2D eigenvalue weighted by molar-refractivity contribution is -0.136. The number of carboxylic acid groups (broad SMARTS) is 1. The molecule has 0 spiro atoms. The van der Waals surface area contributed by atoms with Crippen LogP contribution in [0.25, 0.3) is 0 Å². The highest BCUT2D eigenvalue weighted by Crippen LogP contribution is 2.30. The Morgan fingerprint density at radius 2 is 1.80 bits per heavy atom. The predicted octanol–water partition coefficient (Wildman–Crippen LogP) is 2.24. The minimum atomic E-state index is -3.48. The molecular weight excluding hydrogens is 278 g/mol. The number of carbonyl (C=O) groups is 1. The standard InChI is InChI=1S/C14H19NO4S/c16-14(17)10-11-15(12-6-2-1-3-7-12)20(18,19)13-8-4-5-9-13/h1-3,6-7,13H,4-5,8-11H2,(H,16,17). The van der Waals surface area contributed by atoms with Gasteiger partial charge in [0.25, 0.3) is 0 Å². The van der Waals surface area contributed by atoms with Crippen molar-refractivity contribution in [3.05, 3.63) is 30.3 Å². The summed E-state index contributed by atoms with van der Waals surface area (Å²) in [6.07, 6.45) is 2.98. The monoisotopic (exact) mass is 297 g/mol. The minimum absolute atomic E-state index is 0.0157. The van der Waals surface area contributed by atoms with Crippen LogP contribution in [0.3, 0.4) is 0 Å². The highest BCUT2D eigenvalue weighted by atomic mass is 32.2. The van der Waals surface area contributed by atoms with Gasteiger partial charge in [-0.2, -0.15) is 0 Å². The highest BCUT2D eigenvalue weighted by molar-refractivity contribution is 7.93. The van der Waals surface area contributed by atoms with E-state index in [1.54, 1.807) is 30.3 Å². The Labute approximate surface area is 119 Å².